The summed E-state index contributed by atoms with van der Waals surface area (Å²) in [4.78, 5) is 43.9. The lowest BCUT2D eigenvalue weighted by Crippen LogP contribution is -2.36. The molecule has 3 aromatic heterocycles. The Labute approximate surface area is 228 Å². The first kappa shape index (κ1) is 26.2. The Bertz CT molecular complexity index is 1470. The van der Waals surface area contributed by atoms with Gasteiger partial charge in [-0.05, 0) is 49.6 Å². The molecule has 39 heavy (non-hydrogen) atoms. The molecule has 0 saturated carbocycles. The topological polar surface area (TPSA) is 153 Å². The predicted octanol–water partition coefficient (Wildman–Crippen LogP) is 3.64. The van der Waals surface area contributed by atoms with E-state index in [0.717, 1.165) is 22.5 Å². The lowest BCUT2D eigenvalue weighted by Gasteiger charge is -2.30. The van der Waals surface area contributed by atoms with Crippen LogP contribution in [0.2, 0.25) is 0 Å². The molecule has 0 aliphatic carbocycles. The van der Waals surface area contributed by atoms with Crippen LogP contribution in [0, 0.1) is 6.92 Å². The van der Waals surface area contributed by atoms with Crippen LogP contribution in [0.4, 0.5) is 16.9 Å². The summed E-state index contributed by atoms with van der Waals surface area (Å²) in [5, 5.41) is 25.7. The van der Waals surface area contributed by atoms with Gasteiger partial charge in [-0.15, -0.1) is 0 Å². The Kier molecular flexibility index (Phi) is 7.75. The number of carbonyl (C=O) groups is 2. The molecule has 0 radical (unpaired) electrons. The average Bonchev–Trinajstić information content (AvgIpc) is 3.32. The van der Waals surface area contributed by atoms with Crippen LogP contribution in [0.1, 0.15) is 44.1 Å². The minimum absolute atomic E-state index is 0.150. The lowest BCUT2D eigenvalue weighted by atomic mass is 10.1. The van der Waals surface area contributed by atoms with Crippen LogP contribution in [-0.2, 0) is 6.54 Å². The number of nitrogens with zero attached hydrogens (tertiary/aromatic N) is 5. The van der Waals surface area contributed by atoms with E-state index >= 15 is 0 Å². The monoisotopic (exact) mass is 545 g/mol. The Morgan fingerprint density at radius 2 is 1.77 bits per heavy atom. The molecule has 1 fully saturated rings. The molecule has 4 aromatic rings. The minimum atomic E-state index is -1.04. The lowest BCUT2D eigenvalue weighted by molar-refractivity contribution is 0.0700. The second-order valence-electron chi connectivity index (χ2n) is 9.13. The largest absolute Gasteiger partial charge is 0.477 e. The molecule has 1 aromatic carbocycles. The number of pyridine rings is 1. The molecule has 4 heterocycles. The summed E-state index contributed by atoms with van der Waals surface area (Å²) in [5.41, 5.74) is 3.30. The first-order valence-corrected chi connectivity index (χ1v) is 13.2. The number of anilines is 3. The van der Waals surface area contributed by atoms with Crippen molar-refractivity contribution < 1.29 is 19.8 Å². The molecule has 0 bridgehead atoms. The number of rotatable bonds is 8. The van der Waals surface area contributed by atoms with Gasteiger partial charge < -0.3 is 20.4 Å². The van der Waals surface area contributed by atoms with E-state index in [4.69, 9.17) is 0 Å². The van der Waals surface area contributed by atoms with Gasteiger partial charge in [0.15, 0.2) is 5.13 Å². The molecule has 0 atom stereocenters. The number of aromatic nitrogens is 4. The van der Waals surface area contributed by atoms with Gasteiger partial charge in [-0.2, -0.15) is 4.98 Å². The van der Waals surface area contributed by atoms with Gasteiger partial charge in [0.2, 0.25) is 5.95 Å². The number of aliphatic hydroxyl groups excluding tert-OH is 1. The highest BCUT2D eigenvalue weighted by atomic mass is 32.1. The number of carboxylic acid groups (broad SMARTS) is 1. The molecule has 200 valence electrons. The molecule has 4 N–H and O–H groups in total. The fourth-order valence-corrected chi connectivity index (χ4v) is 5.02. The summed E-state index contributed by atoms with van der Waals surface area (Å²) >= 11 is 1.02. The number of carbonyl (C=O) groups excluding carboxylic acids is 1. The van der Waals surface area contributed by atoms with Crippen molar-refractivity contribution in [2.24, 2.45) is 0 Å². The Balaban J connectivity index is 1.39. The summed E-state index contributed by atoms with van der Waals surface area (Å²) in [5.74, 6) is -0.270. The third kappa shape index (κ3) is 6.36. The van der Waals surface area contributed by atoms with E-state index in [9.17, 15) is 19.8 Å². The number of carboxylic acids is 1. The Hall–Kier alpha value is -4.42. The van der Waals surface area contributed by atoms with Gasteiger partial charge in [0.05, 0.1) is 17.5 Å². The molecule has 1 aliphatic rings. The van der Waals surface area contributed by atoms with Crippen molar-refractivity contribution >= 4 is 40.1 Å². The fraction of sp³-hybridized carbons (Fsp3) is 0.259. The maximum Gasteiger partial charge on any atom is 0.347 e. The van der Waals surface area contributed by atoms with Crippen molar-refractivity contribution in [2.45, 2.75) is 32.4 Å². The summed E-state index contributed by atoms with van der Waals surface area (Å²) in [7, 11) is 0. The zero-order chi connectivity index (χ0) is 27.4. The van der Waals surface area contributed by atoms with Crippen LogP contribution >= 0.6 is 11.3 Å². The molecular weight excluding hydrogens is 518 g/mol. The highest BCUT2D eigenvalue weighted by Gasteiger charge is 2.21. The van der Waals surface area contributed by atoms with Crippen molar-refractivity contribution in [1.29, 1.82) is 0 Å². The van der Waals surface area contributed by atoms with Crippen LogP contribution in [0.5, 0.6) is 0 Å². The van der Waals surface area contributed by atoms with Gasteiger partial charge >= 0.3 is 5.97 Å². The molecule has 12 heteroatoms. The van der Waals surface area contributed by atoms with Crippen molar-refractivity contribution in [3.05, 3.63) is 76.6 Å². The average molecular weight is 546 g/mol. The molecule has 1 aliphatic heterocycles. The number of amides is 1. The van der Waals surface area contributed by atoms with Gasteiger partial charge in [-0.3, -0.25) is 15.1 Å². The van der Waals surface area contributed by atoms with Gasteiger partial charge in [-0.1, -0.05) is 23.5 Å². The number of hydrogen-bond donors (Lipinski definition) is 4. The minimum Gasteiger partial charge on any atom is -0.477 e. The molecule has 0 unspecified atom stereocenters. The number of benzene rings is 1. The summed E-state index contributed by atoms with van der Waals surface area (Å²) in [6.07, 6.45) is 4.31. The van der Waals surface area contributed by atoms with Crippen LogP contribution in [0.15, 0.2) is 54.9 Å². The van der Waals surface area contributed by atoms with Crippen LogP contribution in [-0.4, -0.2) is 61.2 Å². The number of hydrogen-bond acceptors (Lipinski definition) is 10. The number of thiazole rings is 1. The van der Waals surface area contributed by atoms with Crippen LogP contribution in [0.25, 0.3) is 11.3 Å². The van der Waals surface area contributed by atoms with Crippen LogP contribution in [0.3, 0.4) is 0 Å². The second kappa shape index (κ2) is 11.5. The number of aromatic carboxylic acids is 1. The van der Waals surface area contributed by atoms with Gasteiger partial charge in [0.1, 0.15) is 10.7 Å². The van der Waals surface area contributed by atoms with E-state index in [0.29, 0.717) is 60.4 Å². The molecule has 11 nitrogen and oxygen atoms in total. The molecule has 1 amide bonds. The standard InChI is InChI=1S/C27H27N7O4S/c1-16-23(25(37)38)39-27(30-16)33-26-31-21(14-22(32-26)34-12-8-20(35)9-13-34)18-2-4-19(5-3-18)24(36)29-15-17-6-10-28-11-7-17/h2-7,10-11,14,20,35H,8-9,12-13,15H2,1H3,(H,29,36)(H,37,38)(H,30,31,32,33). The van der Waals surface area contributed by atoms with Crippen LogP contribution < -0.4 is 15.5 Å². The maximum absolute atomic E-state index is 12.7. The van der Waals surface area contributed by atoms with E-state index in [2.05, 4.69) is 35.5 Å². The number of nitrogens with one attached hydrogen (secondary N) is 2. The summed E-state index contributed by atoms with van der Waals surface area (Å²) in [6, 6.07) is 12.7. The number of aryl methyl sites for hydroxylation is 1. The van der Waals surface area contributed by atoms with Crippen molar-refractivity contribution in [2.75, 3.05) is 23.3 Å². The quantitative estimate of drug-likeness (QED) is 0.258. The zero-order valence-electron chi connectivity index (χ0n) is 21.2. The smallest absolute Gasteiger partial charge is 0.347 e. The molecule has 5 rings (SSSR count). The second-order valence-corrected chi connectivity index (χ2v) is 10.1. The maximum atomic E-state index is 12.7. The van der Waals surface area contributed by atoms with E-state index in [-0.39, 0.29) is 22.8 Å². The first-order valence-electron chi connectivity index (χ1n) is 12.4. The first-order chi connectivity index (χ1) is 18.9. The highest BCUT2D eigenvalue weighted by molar-refractivity contribution is 7.17. The van der Waals surface area contributed by atoms with Crippen molar-refractivity contribution in [1.82, 2.24) is 25.3 Å². The predicted molar refractivity (Wildman–Crippen MR) is 147 cm³/mol. The number of piperidine rings is 1. The van der Waals surface area contributed by atoms with Gasteiger partial charge in [-0.25, -0.2) is 14.8 Å². The van der Waals surface area contributed by atoms with E-state index < -0.39 is 5.97 Å². The van der Waals surface area contributed by atoms with Gasteiger partial charge in [0.25, 0.3) is 5.91 Å². The van der Waals surface area contributed by atoms with Crippen molar-refractivity contribution in [3.8, 4) is 11.3 Å². The van der Waals surface area contributed by atoms with Crippen molar-refractivity contribution in [3.63, 3.8) is 0 Å². The fourth-order valence-electron chi connectivity index (χ4n) is 4.22. The van der Waals surface area contributed by atoms with Gasteiger partial charge in [0, 0.05) is 49.2 Å². The van der Waals surface area contributed by atoms with E-state index in [1.165, 1.54) is 0 Å². The summed E-state index contributed by atoms with van der Waals surface area (Å²) in [6.45, 7) is 3.33. The molecular formula is C27H27N7O4S. The molecule has 0 spiro atoms. The Morgan fingerprint density at radius 3 is 2.44 bits per heavy atom. The third-order valence-electron chi connectivity index (χ3n) is 6.36. The zero-order valence-corrected chi connectivity index (χ0v) is 22.0. The summed E-state index contributed by atoms with van der Waals surface area (Å²) < 4.78 is 0. The molecule has 1 saturated heterocycles. The highest BCUT2D eigenvalue weighted by Crippen LogP contribution is 2.29. The Morgan fingerprint density at radius 1 is 1.05 bits per heavy atom. The number of aliphatic hydroxyl groups is 1. The SMILES string of the molecule is Cc1nc(Nc2nc(-c3ccc(C(=O)NCc4ccncc4)cc3)cc(N3CCC(O)CC3)n2)sc1C(=O)O. The van der Waals surface area contributed by atoms with E-state index in [1.807, 2.05) is 30.3 Å². The normalized spacial score (nSPS) is 13.7. The third-order valence-corrected chi connectivity index (χ3v) is 7.42. The van der Waals surface area contributed by atoms with E-state index in [1.54, 1.807) is 31.5 Å².